The summed E-state index contributed by atoms with van der Waals surface area (Å²) in [5.74, 6) is -11.1. The fourth-order valence-corrected chi connectivity index (χ4v) is 3.21. The molecule has 0 aliphatic rings. The maximum absolute atomic E-state index is 13.2. The maximum atomic E-state index is 13.2. The van der Waals surface area contributed by atoms with Crippen molar-refractivity contribution in [3.05, 3.63) is 0 Å². The third kappa shape index (κ3) is 8.25. The Morgan fingerprint density at radius 2 is 1.17 bits per heavy atom. The summed E-state index contributed by atoms with van der Waals surface area (Å²) in [6.45, 7) is 2.11. The van der Waals surface area contributed by atoms with Crippen molar-refractivity contribution in [1.29, 1.82) is 0 Å². The molecule has 0 saturated heterocycles. The van der Waals surface area contributed by atoms with Gasteiger partial charge in [0.05, 0.1) is 0 Å². The van der Waals surface area contributed by atoms with Gasteiger partial charge in [-0.15, -0.1) is 0 Å². The van der Waals surface area contributed by atoms with Gasteiger partial charge in [0.1, 0.15) is 0 Å². The first-order valence-corrected chi connectivity index (χ1v) is 9.16. The molecule has 0 aliphatic carbocycles. The Hall–Kier alpha value is 0.240. The van der Waals surface area contributed by atoms with Crippen LogP contribution in [0.3, 0.4) is 0 Å². The number of alkyl halides is 8. The van der Waals surface area contributed by atoms with Crippen LogP contribution in [0.2, 0.25) is 0 Å². The molecule has 0 nitrogen and oxygen atoms in total. The summed E-state index contributed by atoms with van der Waals surface area (Å²) in [4.78, 5) is 0. The van der Waals surface area contributed by atoms with Crippen LogP contribution in [0.5, 0.6) is 0 Å². The molecular formula is C15H24F7I. The Morgan fingerprint density at radius 3 is 1.61 bits per heavy atom. The molecule has 0 fully saturated rings. The molecule has 0 saturated carbocycles. The SMILES string of the molecule is CCCCCCCCCCC(I)CC(F)(F)C(F)(F)C(F)(F)F. The first kappa shape index (κ1) is 23.2. The monoisotopic (exact) mass is 464 g/mol. The van der Waals surface area contributed by atoms with Crippen LogP contribution in [-0.4, -0.2) is 21.9 Å². The van der Waals surface area contributed by atoms with E-state index in [-0.39, 0.29) is 6.42 Å². The second kappa shape index (κ2) is 10.3. The quantitative estimate of drug-likeness (QED) is 0.121. The second-order valence-electron chi connectivity index (χ2n) is 5.84. The van der Waals surface area contributed by atoms with Crippen LogP contribution in [0.25, 0.3) is 0 Å². The van der Waals surface area contributed by atoms with Gasteiger partial charge in [0.25, 0.3) is 0 Å². The lowest BCUT2D eigenvalue weighted by Crippen LogP contribution is -2.52. The topological polar surface area (TPSA) is 0 Å². The lowest BCUT2D eigenvalue weighted by molar-refractivity contribution is -0.355. The van der Waals surface area contributed by atoms with Crippen molar-refractivity contribution in [2.45, 2.75) is 93.1 Å². The summed E-state index contributed by atoms with van der Waals surface area (Å²) in [5.41, 5.74) is 0. The molecule has 0 radical (unpaired) electrons. The van der Waals surface area contributed by atoms with E-state index in [1.165, 1.54) is 29.0 Å². The molecule has 0 aliphatic heterocycles. The normalized spacial score (nSPS) is 15.0. The van der Waals surface area contributed by atoms with Crippen molar-refractivity contribution in [3.63, 3.8) is 0 Å². The molecule has 0 heterocycles. The van der Waals surface area contributed by atoms with Gasteiger partial charge < -0.3 is 0 Å². The van der Waals surface area contributed by atoms with E-state index in [2.05, 4.69) is 6.92 Å². The van der Waals surface area contributed by atoms with Gasteiger partial charge in [0.15, 0.2) is 0 Å². The van der Waals surface area contributed by atoms with Crippen molar-refractivity contribution in [1.82, 2.24) is 0 Å². The average Bonchev–Trinajstić information content (AvgIpc) is 2.39. The van der Waals surface area contributed by atoms with Crippen molar-refractivity contribution >= 4 is 22.6 Å². The van der Waals surface area contributed by atoms with Gasteiger partial charge in [-0.1, -0.05) is 80.9 Å². The van der Waals surface area contributed by atoms with Crippen molar-refractivity contribution < 1.29 is 30.7 Å². The number of rotatable bonds is 12. The van der Waals surface area contributed by atoms with Gasteiger partial charge in [0, 0.05) is 10.3 Å². The number of unbranched alkanes of at least 4 members (excludes halogenated alkanes) is 7. The van der Waals surface area contributed by atoms with Crippen LogP contribution in [0, 0.1) is 0 Å². The number of hydrogen-bond donors (Lipinski definition) is 0. The Morgan fingerprint density at radius 1 is 0.739 bits per heavy atom. The average molecular weight is 464 g/mol. The van der Waals surface area contributed by atoms with Crippen LogP contribution in [0.4, 0.5) is 30.7 Å². The van der Waals surface area contributed by atoms with Gasteiger partial charge >= 0.3 is 18.0 Å². The summed E-state index contributed by atoms with van der Waals surface area (Å²) in [5, 5.41) is 0. The van der Waals surface area contributed by atoms with Crippen LogP contribution >= 0.6 is 22.6 Å². The minimum absolute atomic E-state index is 0.221. The van der Waals surface area contributed by atoms with E-state index in [0.717, 1.165) is 38.5 Å². The van der Waals surface area contributed by atoms with Crippen LogP contribution < -0.4 is 0 Å². The van der Waals surface area contributed by atoms with Crippen molar-refractivity contribution in [2.24, 2.45) is 0 Å². The lowest BCUT2D eigenvalue weighted by Gasteiger charge is -2.29. The molecule has 0 aromatic rings. The molecule has 1 unspecified atom stereocenters. The van der Waals surface area contributed by atoms with Gasteiger partial charge in [-0.2, -0.15) is 30.7 Å². The third-order valence-corrected chi connectivity index (χ3v) is 4.73. The molecule has 0 amide bonds. The Labute approximate surface area is 146 Å². The van der Waals surface area contributed by atoms with E-state index in [4.69, 9.17) is 0 Å². The minimum atomic E-state index is -6.23. The van der Waals surface area contributed by atoms with E-state index in [0.29, 0.717) is 6.42 Å². The maximum Gasteiger partial charge on any atom is 0.459 e. The lowest BCUT2D eigenvalue weighted by atomic mass is 10.0. The van der Waals surface area contributed by atoms with Crippen LogP contribution in [0.15, 0.2) is 0 Å². The largest absolute Gasteiger partial charge is 0.459 e. The predicted octanol–water partition coefficient (Wildman–Crippen LogP) is 7.54. The molecule has 0 spiro atoms. The first-order valence-electron chi connectivity index (χ1n) is 7.92. The Bertz CT molecular complexity index is 315. The van der Waals surface area contributed by atoms with E-state index in [9.17, 15) is 30.7 Å². The highest BCUT2D eigenvalue weighted by atomic mass is 127. The standard InChI is InChI=1S/C15H24F7I/c1-2-3-4-5-6-7-8-9-10-12(23)11-13(16,17)14(18,19)15(20,21)22/h12H,2-11H2,1H3. The highest BCUT2D eigenvalue weighted by Crippen LogP contribution is 2.49. The summed E-state index contributed by atoms with van der Waals surface area (Å²) in [7, 11) is 0. The number of halogens is 8. The molecule has 0 aromatic carbocycles. The summed E-state index contributed by atoms with van der Waals surface area (Å²) >= 11 is 1.53. The fourth-order valence-electron chi connectivity index (χ4n) is 2.22. The van der Waals surface area contributed by atoms with E-state index < -0.39 is 28.4 Å². The molecule has 8 heteroatoms. The molecule has 0 aromatic heterocycles. The van der Waals surface area contributed by atoms with Gasteiger partial charge in [0.2, 0.25) is 0 Å². The van der Waals surface area contributed by atoms with Crippen molar-refractivity contribution in [3.8, 4) is 0 Å². The molecule has 140 valence electrons. The zero-order chi connectivity index (χ0) is 18.1. The van der Waals surface area contributed by atoms with Crippen molar-refractivity contribution in [2.75, 3.05) is 0 Å². The minimum Gasteiger partial charge on any atom is -0.199 e. The zero-order valence-corrected chi connectivity index (χ0v) is 15.3. The van der Waals surface area contributed by atoms with Gasteiger partial charge in [-0.25, -0.2) is 0 Å². The first-order chi connectivity index (χ1) is 10.5. The highest BCUT2D eigenvalue weighted by molar-refractivity contribution is 14.1. The molecule has 0 rings (SSSR count). The Kier molecular flexibility index (Phi) is 10.4. The zero-order valence-electron chi connectivity index (χ0n) is 13.2. The molecular weight excluding hydrogens is 440 g/mol. The highest BCUT2D eigenvalue weighted by Gasteiger charge is 2.72. The van der Waals surface area contributed by atoms with E-state index >= 15 is 0 Å². The molecule has 0 bridgehead atoms. The summed E-state index contributed by atoms with van der Waals surface area (Å²) < 4.78 is 87.2. The second-order valence-corrected chi connectivity index (χ2v) is 7.60. The summed E-state index contributed by atoms with van der Waals surface area (Å²) in [6, 6.07) is 0. The van der Waals surface area contributed by atoms with Gasteiger partial charge in [-0.3, -0.25) is 0 Å². The van der Waals surface area contributed by atoms with Gasteiger partial charge in [-0.05, 0) is 6.42 Å². The fraction of sp³-hybridized carbons (Fsp3) is 1.00. The summed E-state index contributed by atoms with van der Waals surface area (Å²) in [6.07, 6.45) is 0.437. The van der Waals surface area contributed by atoms with E-state index in [1.54, 1.807) is 0 Å². The molecule has 23 heavy (non-hydrogen) atoms. The molecule has 0 N–H and O–H groups in total. The smallest absolute Gasteiger partial charge is 0.199 e. The van der Waals surface area contributed by atoms with Crippen LogP contribution in [-0.2, 0) is 0 Å². The van der Waals surface area contributed by atoms with Crippen LogP contribution in [0.1, 0.15) is 71.1 Å². The Balaban J connectivity index is 4.03. The van der Waals surface area contributed by atoms with E-state index in [1.807, 2.05) is 0 Å². The molecule has 1 atom stereocenters. The number of hydrogen-bond acceptors (Lipinski definition) is 0. The third-order valence-electron chi connectivity index (χ3n) is 3.66. The predicted molar refractivity (Wildman–Crippen MR) is 85.6 cm³/mol.